The van der Waals surface area contributed by atoms with E-state index < -0.39 is 15.6 Å². The summed E-state index contributed by atoms with van der Waals surface area (Å²) < 4.78 is 27.1. The summed E-state index contributed by atoms with van der Waals surface area (Å²) in [5.74, 6) is 0.243. The molecule has 0 saturated carbocycles. The van der Waals surface area contributed by atoms with E-state index in [4.69, 9.17) is 23.2 Å². The lowest BCUT2D eigenvalue weighted by atomic mass is 9.97. The lowest BCUT2D eigenvalue weighted by molar-refractivity contribution is 0.394. The molecule has 0 fully saturated rings. The van der Waals surface area contributed by atoms with E-state index in [-0.39, 0.29) is 10.8 Å². The number of sulfonamides is 1. The molecule has 1 rings (SSSR count). The van der Waals surface area contributed by atoms with Crippen molar-refractivity contribution in [3.63, 3.8) is 0 Å². The highest BCUT2D eigenvalue weighted by Gasteiger charge is 2.31. The number of hydrogen-bond donors (Lipinski definition) is 1. The number of hydrogen-bond acceptors (Lipinski definition) is 2. The highest BCUT2D eigenvalue weighted by atomic mass is 35.5. The van der Waals surface area contributed by atoms with Crippen molar-refractivity contribution < 1.29 is 8.42 Å². The Morgan fingerprint density at radius 3 is 2.06 bits per heavy atom. The maximum absolute atomic E-state index is 12.2. The highest BCUT2D eigenvalue weighted by Crippen LogP contribution is 2.22. The van der Waals surface area contributed by atoms with Crippen LogP contribution >= 0.6 is 23.2 Å². The van der Waals surface area contributed by atoms with Gasteiger partial charge >= 0.3 is 0 Å². The van der Waals surface area contributed by atoms with E-state index in [1.54, 1.807) is 12.1 Å². The van der Waals surface area contributed by atoms with Crippen molar-refractivity contribution in [3.8, 4) is 0 Å². The first-order valence-corrected chi connectivity index (χ1v) is 8.14. The number of alkyl halides is 1. The summed E-state index contributed by atoms with van der Waals surface area (Å²) in [6.07, 6.45) is 1.28. The van der Waals surface area contributed by atoms with Gasteiger partial charge in [-0.2, -0.15) is 0 Å². The molecule has 0 unspecified atom stereocenters. The van der Waals surface area contributed by atoms with E-state index in [0.717, 1.165) is 0 Å². The quantitative estimate of drug-likeness (QED) is 0.818. The fourth-order valence-corrected chi connectivity index (χ4v) is 3.76. The molecular formula is C12H17Cl2NO2S. The molecule has 1 aromatic rings. The van der Waals surface area contributed by atoms with Gasteiger partial charge in [0, 0.05) is 16.4 Å². The van der Waals surface area contributed by atoms with Gasteiger partial charge in [-0.05, 0) is 37.1 Å². The van der Waals surface area contributed by atoms with Crippen LogP contribution in [0.1, 0.15) is 26.7 Å². The molecule has 3 nitrogen and oxygen atoms in total. The number of rotatable bonds is 6. The lowest BCUT2D eigenvalue weighted by Gasteiger charge is -2.30. The molecule has 0 atom stereocenters. The van der Waals surface area contributed by atoms with Gasteiger partial charge in [0.15, 0.2) is 0 Å². The Morgan fingerprint density at radius 2 is 1.67 bits per heavy atom. The summed E-state index contributed by atoms with van der Waals surface area (Å²) in [6.45, 7) is 3.83. The van der Waals surface area contributed by atoms with E-state index in [9.17, 15) is 8.42 Å². The second-order valence-electron chi connectivity index (χ2n) is 4.18. The standard InChI is InChI=1S/C12H17Cl2NO2S/c1-3-12(4-2,9-13)15-18(16,17)11-7-5-10(14)6-8-11/h5-8,15H,3-4,9H2,1-2H3. The predicted molar refractivity (Wildman–Crippen MR) is 75.8 cm³/mol. The minimum atomic E-state index is -3.56. The van der Waals surface area contributed by atoms with Gasteiger partial charge in [0.1, 0.15) is 0 Å². The Hall–Kier alpha value is -0.290. The summed E-state index contributed by atoms with van der Waals surface area (Å²) >= 11 is 11.6. The first-order valence-electron chi connectivity index (χ1n) is 5.74. The molecule has 0 aliphatic heterocycles. The molecule has 0 aromatic heterocycles. The van der Waals surface area contributed by atoms with Crippen molar-refractivity contribution in [1.82, 2.24) is 4.72 Å². The third-order valence-corrected chi connectivity index (χ3v) is 5.44. The van der Waals surface area contributed by atoms with Crippen molar-refractivity contribution in [3.05, 3.63) is 29.3 Å². The molecule has 18 heavy (non-hydrogen) atoms. The van der Waals surface area contributed by atoms with Crippen LogP contribution in [0.4, 0.5) is 0 Å². The third kappa shape index (κ3) is 3.60. The first-order chi connectivity index (χ1) is 8.39. The Morgan fingerprint density at radius 1 is 1.17 bits per heavy atom. The van der Waals surface area contributed by atoms with E-state index in [1.165, 1.54) is 12.1 Å². The molecule has 0 heterocycles. The predicted octanol–water partition coefficient (Wildman–Crippen LogP) is 3.42. The molecule has 1 N–H and O–H groups in total. The number of benzene rings is 1. The molecule has 0 radical (unpaired) electrons. The van der Waals surface area contributed by atoms with Crippen LogP contribution in [0.3, 0.4) is 0 Å². The van der Waals surface area contributed by atoms with Gasteiger partial charge in [-0.3, -0.25) is 0 Å². The van der Waals surface area contributed by atoms with Gasteiger partial charge < -0.3 is 0 Å². The van der Waals surface area contributed by atoms with Crippen molar-refractivity contribution in [2.45, 2.75) is 37.1 Å². The van der Waals surface area contributed by atoms with Crippen LogP contribution < -0.4 is 4.72 Å². The van der Waals surface area contributed by atoms with E-state index in [0.29, 0.717) is 17.9 Å². The summed E-state index contributed by atoms with van der Waals surface area (Å²) in [6, 6.07) is 6.07. The minimum absolute atomic E-state index is 0.197. The zero-order chi connectivity index (χ0) is 13.8. The Kier molecular flexibility index (Phi) is 5.46. The van der Waals surface area contributed by atoms with Gasteiger partial charge in [0.2, 0.25) is 10.0 Å². The topological polar surface area (TPSA) is 46.2 Å². The van der Waals surface area contributed by atoms with Crippen LogP contribution in [0.25, 0.3) is 0 Å². The van der Waals surface area contributed by atoms with Gasteiger partial charge in [-0.15, -0.1) is 11.6 Å². The summed E-state index contributed by atoms with van der Waals surface area (Å²) in [5, 5.41) is 0.503. The van der Waals surface area contributed by atoms with E-state index in [1.807, 2.05) is 13.8 Å². The van der Waals surface area contributed by atoms with E-state index >= 15 is 0 Å². The van der Waals surface area contributed by atoms with Gasteiger partial charge in [-0.1, -0.05) is 25.4 Å². The average molecular weight is 310 g/mol. The smallest absolute Gasteiger partial charge is 0.207 e. The number of nitrogens with one attached hydrogen (secondary N) is 1. The van der Waals surface area contributed by atoms with Crippen molar-refractivity contribution in [2.24, 2.45) is 0 Å². The molecule has 102 valence electrons. The SMILES string of the molecule is CCC(CC)(CCl)NS(=O)(=O)c1ccc(Cl)cc1. The van der Waals surface area contributed by atoms with Gasteiger partial charge in [0.25, 0.3) is 0 Å². The first kappa shape index (κ1) is 15.8. The van der Waals surface area contributed by atoms with Crippen molar-refractivity contribution >= 4 is 33.2 Å². The summed E-state index contributed by atoms with van der Waals surface area (Å²) in [4.78, 5) is 0.197. The second kappa shape index (κ2) is 6.24. The van der Waals surface area contributed by atoms with E-state index in [2.05, 4.69) is 4.72 Å². The average Bonchev–Trinajstić information content (AvgIpc) is 2.37. The molecule has 1 aromatic carbocycles. The third-order valence-electron chi connectivity index (χ3n) is 3.08. The zero-order valence-electron chi connectivity index (χ0n) is 10.4. The van der Waals surface area contributed by atoms with Gasteiger partial charge in [-0.25, -0.2) is 13.1 Å². The molecule has 0 spiro atoms. The van der Waals surface area contributed by atoms with Crippen molar-refractivity contribution in [2.75, 3.05) is 5.88 Å². The maximum atomic E-state index is 12.2. The normalized spacial score (nSPS) is 12.7. The maximum Gasteiger partial charge on any atom is 0.241 e. The fourth-order valence-electron chi connectivity index (χ4n) is 1.57. The molecule has 6 heteroatoms. The summed E-state index contributed by atoms with van der Waals surface area (Å²) in [5.41, 5.74) is -0.597. The van der Waals surface area contributed by atoms with Crippen LogP contribution in [0.15, 0.2) is 29.2 Å². The van der Waals surface area contributed by atoms with Crippen LogP contribution in [0.5, 0.6) is 0 Å². The minimum Gasteiger partial charge on any atom is -0.207 e. The number of halogens is 2. The van der Waals surface area contributed by atoms with Crippen molar-refractivity contribution in [1.29, 1.82) is 0 Å². The Bertz CT molecular complexity index is 473. The molecule has 0 aliphatic rings. The highest BCUT2D eigenvalue weighted by molar-refractivity contribution is 7.89. The largest absolute Gasteiger partial charge is 0.241 e. The van der Waals surface area contributed by atoms with Crippen LogP contribution in [-0.2, 0) is 10.0 Å². The summed E-state index contributed by atoms with van der Waals surface area (Å²) in [7, 11) is -3.56. The van der Waals surface area contributed by atoms with Gasteiger partial charge in [0.05, 0.1) is 4.90 Å². The van der Waals surface area contributed by atoms with Crippen LogP contribution in [-0.4, -0.2) is 19.8 Å². The monoisotopic (exact) mass is 309 g/mol. The molecular weight excluding hydrogens is 293 g/mol. The molecule has 0 aliphatic carbocycles. The Balaban J connectivity index is 3.04. The van der Waals surface area contributed by atoms with Crippen LogP contribution in [0.2, 0.25) is 5.02 Å². The molecule has 0 bridgehead atoms. The Labute approximate surface area is 119 Å². The zero-order valence-corrected chi connectivity index (χ0v) is 12.7. The molecule has 0 saturated heterocycles. The second-order valence-corrected chi connectivity index (χ2v) is 6.57. The molecule has 0 amide bonds. The lowest BCUT2D eigenvalue weighted by Crippen LogP contribution is -2.49. The van der Waals surface area contributed by atoms with Crippen LogP contribution in [0, 0.1) is 0 Å². The fraction of sp³-hybridized carbons (Fsp3) is 0.500.